The Labute approximate surface area is 182 Å². The van der Waals surface area contributed by atoms with E-state index in [1.165, 1.54) is 0 Å². The summed E-state index contributed by atoms with van der Waals surface area (Å²) in [7, 11) is -4.01. The number of hydrogen-bond donors (Lipinski definition) is 3. The average Bonchev–Trinajstić information content (AvgIpc) is 2.68. The van der Waals surface area contributed by atoms with E-state index in [0.717, 1.165) is 10.5 Å². The summed E-state index contributed by atoms with van der Waals surface area (Å²) < 4.78 is 36.7. The Morgan fingerprint density at radius 2 is 1.84 bits per heavy atom. The van der Waals surface area contributed by atoms with Crippen molar-refractivity contribution in [2.75, 3.05) is 26.3 Å². The van der Waals surface area contributed by atoms with E-state index in [-0.39, 0.29) is 17.2 Å². The topological polar surface area (TPSA) is 101 Å². The van der Waals surface area contributed by atoms with E-state index < -0.39 is 15.8 Å². The maximum absolute atomic E-state index is 13.4. The van der Waals surface area contributed by atoms with Gasteiger partial charge in [-0.15, -0.1) is 0 Å². The summed E-state index contributed by atoms with van der Waals surface area (Å²) in [5.74, 6) is -1.68. The molecule has 4 rings (SSSR count). The molecule has 0 bridgehead atoms. The summed E-state index contributed by atoms with van der Waals surface area (Å²) in [6.07, 6.45) is 1.59. The monoisotopic (exact) mass is 443 g/mol. The molecule has 31 heavy (non-hydrogen) atoms. The molecule has 0 aromatic heterocycles. The predicted molar refractivity (Wildman–Crippen MR) is 117 cm³/mol. The second kappa shape index (κ2) is 7.96. The van der Waals surface area contributed by atoms with Crippen molar-refractivity contribution in [3.8, 4) is 0 Å². The molecule has 7 nitrogen and oxygen atoms in total. The van der Waals surface area contributed by atoms with Crippen molar-refractivity contribution >= 4 is 15.7 Å². The normalized spacial score (nSPS) is 24.5. The molecule has 8 heteroatoms. The van der Waals surface area contributed by atoms with E-state index in [0.29, 0.717) is 47.6 Å². The molecule has 0 radical (unpaired) electrons. The van der Waals surface area contributed by atoms with E-state index in [2.05, 4.69) is 4.40 Å². The van der Waals surface area contributed by atoms with Gasteiger partial charge in [0, 0.05) is 17.2 Å². The first-order valence-corrected chi connectivity index (χ1v) is 11.7. The number of morpholine rings is 1. The quantitative estimate of drug-likeness (QED) is 0.647. The van der Waals surface area contributed by atoms with Gasteiger partial charge in [0.2, 0.25) is 0 Å². The van der Waals surface area contributed by atoms with Gasteiger partial charge in [0.15, 0.2) is 5.70 Å². The highest BCUT2D eigenvalue weighted by Crippen LogP contribution is 2.37. The first-order chi connectivity index (χ1) is 14.7. The number of sulfonamides is 1. The van der Waals surface area contributed by atoms with E-state index in [4.69, 9.17) is 4.74 Å². The molecule has 2 aromatic rings. The van der Waals surface area contributed by atoms with Gasteiger partial charge in [-0.3, -0.25) is 4.90 Å². The Kier molecular flexibility index (Phi) is 5.61. The van der Waals surface area contributed by atoms with Gasteiger partial charge in [-0.2, -0.15) is 12.8 Å². The molecule has 1 unspecified atom stereocenters. The molecule has 2 aromatic carbocycles. The smallest absolute Gasteiger partial charge is 0.283 e. The highest BCUT2D eigenvalue weighted by molar-refractivity contribution is 7.90. The Bertz CT molecular complexity index is 1180. The van der Waals surface area contributed by atoms with Crippen LogP contribution in [0.15, 0.2) is 57.5 Å². The molecular weight excluding hydrogens is 416 g/mol. The Balaban J connectivity index is 1.93. The van der Waals surface area contributed by atoms with Crippen molar-refractivity contribution in [1.29, 1.82) is 0 Å². The molecule has 1 aliphatic heterocycles. The zero-order chi connectivity index (χ0) is 22.4. The molecule has 0 spiro atoms. The number of ether oxygens (including phenoxy) is 1. The summed E-state index contributed by atoms with van der Waals surface area (Å²) >= 11 is 0. The average molecular weight is 444 g/mol. The van der Waals surface area contributed by atoms with Crippen LogP contribution in [0.3, 0.4) is 0 Å². The van der Waals surface area contributed by atoms with E-state index in [1.54, 1.807) is 44.2 Å². The lowest BCUT2D eigenvalue weighted by Gasteiger charge is -2.41. The lowest BCUT2D eigenvalue weighted by atomic mass is 9.86. The van der Waals surface area contributed by atoms with Gasteiger partial charge in [0.25, 0.3) is 15.8 Å². The number of rotatable bonds is 4. The standard InChI is InChI=1S/C23H26N2O5S/c1-15-12-16(2)22(17(3)13-15)31(28,29)24-20-14-21-23(27,19-7-5-4-6-18(19)20)30-11-9-25(21)8-10-26/h4-7,12-14,26-27H,8-11H2,1-3H3/p+1/t23-/m1/s1. The number of nitrogens with zero attached hydrogens (tertiary/aromatic N) is 1. The van der Waals surface area contributed by atoms with E-state index in [9.17, 15) is 18.6 Å². The second-order valence-electron chi connectivity index (χ2n) is 8.10. The molecule has 3 N–H and O–H groups in total. The van der Waals surface area contributed by atoms with Gasteiger partial charge < -0.3 is 14.9 Å². The minimum absolute atomic E-state index is 0.0725. The Morgan fingerprint density at radius 1 is 1.16 bits per heavy atom. The molecule has 2 atom stereocenters. The van der Waals surface area contributed by atoms with Gasteiger partial charge in [-0.05, 0) is 31.9 Å². The van der Waals surface area contributed by atoms with Gasteiger partial charge in [-0.25, -0.2) is 0 Å². The van der Waals surface area contributed by atoms with Crippen LogP contribution in [-0.4, -0.2) is 50.6 Å². The number of nitrogens with one attached hydrogen (secondary N) is 1. The summed E-state index contributed by atoms with van der Waals surface area (Å²) in [6.45, 7) is 6.61. The maximum atomic E-state index is 13.4. The van der Waals surface area contributed by atoms with Crippen LogP contribution in [0.1, 0.15) is 27.8 Å². The van der Waals surface area contributed by atoms with E-state index in [1.807, 2.05) is 19.1 Å². The van der Waals surface area contributed by atoms with Crippen molar-refractivity contribution in [3.05, 3.63) is 76.0 Å². The molecule has 1 heterocycles. The predicted octanol–water partition coefficient (Wildman–Crippen LogP) is 0.740. The van der Waals surface area contributed by atoms with Crippen molar-refractivity contribution < 1.29 is 28.3 Å². The molecule has 1 aliphatic carbocycles. The minimum Gasteiger partial charge on any atom is -0.391 e. The zero-order valence-electron chi connectivity index (χ0n) is 17.8. The first-order valence-electron chi connectivity index (χ1n) is 10.2. The SMILES string of the molecule is Cc1cc(C)c(S(=O)(=O)N=C2C=C3[NH+](CCO)CCO[C@]3(O)c3ccccc32)c(C)c1. The zero-order valence-corrected chi connectivity index (χ0v) is 18.7. The summed E-state index contributed by atoms with van der Waals surface area (Å²) in [4.78, 5) is 1.03. The lowest BCUT2D eigenvalue weighted by Crippen LogP contribution is -3.14. The van der Waals surface area contributed by atoms with Crippen LogP contribution in [0.5, 0.6) is 0 Å². The van der Waals surface area contributed by atoms with Crippen molar-refractivity contribution in [2.45, 2.75) is 31.5 Å². The van der Waals surface area contributed by atoms with Crippen molar-refractivity contribution in [1.82, 2.24) is 0 Å². The second-order valence-corrected chi connectivity index (χ2v) is 9.64. The molecule has 1 saturated heterocycles. The fraction of sp³-hybridized carbons (Fsp3) is 0.348. The molecule has 2 aliphatic rings. The summed E-state index contributed by atoms with van der Waals surface area (Å²) in [5.41, 5.74) is 3.93. The number of aliphatic hydroxyl groups is 2. The molecule has 0 saturated carbocycles. The summed E-state index contributed by atoms with van der Waals surface area (Å²) in [6, 6.07) is 10.6. The minimum atomic E-state index is -4.01. The number of hydrogen-bond acceptors (Lipinski definition) is 5. The number of allylic oxidation sites excluding steroid dienone is 1. The third-order valence-electron chi connectivity index (χ3n) is 5.80. The molecule has 164 valence electrons. The summed E-state index contributed by atoms with van der Waals surface area (Å²) in [5, 5.41) is 20.9. The number of aryl methyl sites for hydroxylation is 3. The third-order valence-corrected chi connectivity index (χ3v) is 7.40. The fourth-order valence-corrected chi connectivity index (χ4v) is 6.06. The highest BCUT2D eigenvalue weighted by Gasteiger charge is 2.49. The van der Waals surface area contributed by atoms with Crippen LogP contribution in [0.25, 0.3) is 0 Å². The van der Waals surface area contributed by atoms with Crippen LogP contribution >= 0.6 is 0 Å². The van der Waals surface area contributed by atoms with Gasteiger partial charge >= 0.3 is 0 Å². The van der Waals surface area contributed by atoms with Gasteiger partial charge in [0.1, 0.15) is 19.7 Å². The largest absolute Gasteiger partial charge is 0.391 e. The Hall–Kier alpha value is -2.36. The molecule has 0 amide bonds. The number of aliphatic hydroxyl groups excluding tert-OH is 1. The van der Waals surface area contributed by atoms with Crippen LogP contribution in [-0.2, 0) is 20.5 Å². The van der Waals surface area contributed by atoms with Crippen LogP contribution < -0.4 is 4.90 Å². The number of fused-ring (bicyclic) bond motifs is 3. The van der Waals surface area contributed by atoms with E-state index >= 15 is 0 Å². The van der Waals surface area contributed by atoms with Crippen LogP contribution in [0.2, 0.25) is 0 Å². The van der Waals surface area contributed by atoms with Crippen molar-refractivity contribution in [2.24, 2.45) is 4.40 Å². The maximum Gasteiger partial charge on any atom is 0.283 e. The molecular formula is C23H27N2O5S+. The fourth-order valence-electron chi connectivity index (χ4n) is 4.63. The number of quaternary nitrogens is 1. The van der Waals surface area contributed by atoms with Crippen LogP contribution in [0.4, 0.5) is 0 Å². The number of benzene rings is 2. The lowest BCUT2D eigenvalue weighted by molar-refractivity contribution is -0.882. The third kappa shape index (κ3) is 3.75. The Morgan fingerprint density at radius 3 is 2.52 bits per heavy atom. The van der Waals surface area contributed by atoms with Gasteiger partial charge in [-0.1, -0.05) is 42.0 Å². The van der Waals surface area contributed by atoms with Crippen LogP contribution in [0, 0.1) is 20.8 Å². The van der Waals surface area contributed by atoms with Crippen molar-refractivity contribution in [3.63, 3.8) is 0 Å². The molecule has 1 fully saturated rings. The highest BCUT2D eigenvalue weighted by atomic mass is 32.2. The van der Waals surface area contributed by atoms with Gasteiger partial charge in [0.05, 0.1) is 17.2 Å². The first kappa shape index (κ1) is 21.9.